The lowest BCUT2D eigenvalue weighted by molar-refractivity contribution is 0.0697. The Hall–Kier alpha value is -1.02. The Bertz CT molecular complexity index is 454. The monoisotopic (exact) mass is 390 g/mol. The van der Waals surface area contributed by atoms with Crippen LogP contribution in [-0.4, -0.2) is 18.3 Å². The van der Waals surface area contributed by atoms with Gasteiger partial charge in [-0.25, -0.2) is 0 Å². The van der Waals surface area contributed by atoms with E-state index in [2.05, 4.69) is 13.8 Å². The normalized spacial score (nSPS) is 13.5. The summed E-state index contributed by atoms with van der Waals surface area (Å²) in [5.41, 5.74) is 1.29. The topological polar surface area (TPSA) is 29.5 Å². The molecule has 0 saturated heterocycles. The molecule has 0 fully saturated rings. The second-order valence-corrected chi connectivity index (χ2v) is 8.57. The molecule has 28 heavy (non-hydrogen) atoms. The van der Waals surface area contributed by atoms with E-state index in [1.165, 1.54) is 89.0 Å². The highest BCUT2D eigenvalue weighted by Gasteiger charge is 2.16. The van der Waals surface area contributed by atoms with Crippen molar-refractivity contribution in [1.82, 2.24) is 0 Å². The summed E-state index contributed by atoms with van der Waals surface area (Å²) in [7, 11) is 1.87. The number of phenols is 1. The largest absolute Gasteiger partial charge is 0.508 e. The van der Waals surface area contributed by atoms with E-state index in [1.807, 2.05) is 19.2 Å². The third-order valence-corrected chi connectivity index (χ3v) is 6.05. The lowest BCUT2D eigenvalue weighted by atomic mass is 9.88. The smallest absolute Gasteiger partial charge is 0.115 e. The molecule has 2 nitrogen and oxygen atoms in total. The molecule has 1 N–H and O–H groups in total. The number of unbranched alkanes of at least 4 members (excludes halogenated alkanes) is 8. The molecule has 0 heterocycles. The van der Waals surface area contributed by atoms with Gasteiger partial charge in [-0.05, 0) is 42.9 Å². The summed E-state index contributed by atoms with van der Waals surface area (Å²) in [6, 6.07) is 7.62. The molecule has 162 valence electrons. The van der Waals surface area contributed by atoms with E-state index < -0.39 is 0 Å². The van der Waals surface area contributed by atoms with Crippen molar-refractivity contribution < 1.29 is 9.84 Å². The Morgan fingerprint density at radius 3 is 1.89 bits per heavy atom. The van der Waals surface area contributed by atoms with Crippen molar-refractivity contribution in [3.8, 4) is 5.75 Å². The number of phenolic OH excluding ortho intramolecular Hbond substituents is 1. The standard InChI is InChI=1S/C26H46O2/c1-4-6-8-9-10-11-13-15-24(14-12-7-5-2)22-26(28-3)21-18-23-16-19-25(27)20-17-23/h16-17,19-20,24,26-27H,4-15,18,21-22H2,1-3H3. The Morgan fingerprint density at radius 1 is 0.750 bits per heavy atom. The zero-order chi connectivity index (χ0) is 20.5. The molecule has 2 heteroatoms. The van der Waals surface area contributed by atoms with Gasteiger partial charge in [0.1, 0.15) is 5.75 Å². The van der Waals surface area contributed by atoms with Crippen molar-refractivity contribution >= 4 is 0 Å². The molecular formula is C26H46O2. The van der Waals surface area contributed by atoms with Gasteiger partial charge in [-0.3, -0.25) is 0 Å². The molecule has 0 aliphatic rings. The van der Waals surface area contributed by atoms with E-state index >= 15 is 0 Å². The van der Waals surface area contributed by atoms with Crippen LogP contribution in [0, 0.1) is 5.92 Å². The van der Waals surface area contributed by atoms with Crippen molar-refractivity contribution in [1.29, 1.82) is 0 Å². The minimum atomic E-state index is 0.345. The van der Waals surface area contributed by atoms with Gasteiger partial charge in [0.05, 0.1) is 6.10 Å². The van der Waals surface area contributed by atoms with Gasteiger partial charge in [0, 0.05) is 7.11 Å². The average Bonchev–Trinajstić information content (AvgIpc) is 2.71. The number of rotatable bonds is 18. The highest BCUT2D eigenvalue weighted by molar-refractivity contribution is 5.25. The van der Waals surface area contributed by atoms with Crippen molar-refractivity contribution in [2.45, 2.75) is 116 Å². The van der Waals surface area contributed by atoms with E-state index in [0.717, 1.165) is 18.8 Å². The minimum Gasteiger partial charge on any atom is -0.508 e. The molecule has 2 atom stereocenters. The maximum atomic E-state index is 9.44. The maximum absolute atomic E-state index is 9.44. The number of hydrogen-bond acceptors (Lipinski definition) is 2. The van der Waals surface area contributed by atoms with Gasteiger partial charge in [-0.15, -0.1) is 0 Å². The van der Waals surface area contributed by atoms with Crippen LogP contribution in [0.4, 0.5) is 0 Å². The summed E-state index contributed by atoms with van der Waals surface area (Å²) in [5.74, 6) is 1.16. The van der Waals surface area contributed by atoms with Crippen LogP contribution >= 0.6 is 0 Å². The Kier molecular flexibility index (Phi) is 15.1. The van der Waals surface area contributed by atoms with E-state index in [9.17, 15) is 5.11 Å². The summed E-state index contributed by atoms with van der Waals surface area (Å²) in [5, 5.41) is 9.44. The highest BCUT2D eigenvalue weighted by atomic mass is 16.5. The fraction of sp³-hybridized carbons (Fsp3) is 0.769. The van der Waals surface area contributed by atoms with Crippen molar-refractivity contribution in [3.63, 3.8) is 0 Å². The summed E-state index contributed by atoms with van der Waals surface area (Å²) in [6.07, 6.45) is 20.2. The van der Waals surface area contributed by atoms with Crippen molar-refractivity contribution in [2.75, 3.05) is 7.11 Å². The molecule has 1 rings (SSSR count). The summed E-state index contributed by atoms with van der Waals surface area (Å²) in [6.45, 7) is 4.58. The zero-order valence-electron chi connectivity index (χ0n) is 18.9. The predicted octanol–water partition coefficient (Wildman–Crippen LogP) is 8.07. The first-order valence-corrected chi connectivity index (χ1v) is 12.0. The summed E-state index contributed by atoms with van der Waals surface area (Å²) >= 11 is 0. The Labute approximate surface area is 175 Å². The molecule has 0 saturated carbocycles. The molecule has 0 amide bonds. The molecule has 2 unspecified atom stereocenters. The molecule has 1 aromatic carbocycles. The molecule has 0 aliphatic carbocycles. The Morgan fingerprint density at radius 2 is 1.29 bits per heavy atom. The third-order valence-electron chi connectivity index (χ3n) is 6.05. The molecular weight excluding hydrogens is 344 g/mol. The van der Waals surface area contributed by atoms with Crippen LogP contribution in [0.25, 0.3) is 0 Å². The van der Waals surface area contributed by atoms with Gasteiger partial charge in [0.2, 0.25) is 0 Å². The van der Waals surface area contributed by atoms with E-state index in [1.54, 1.807) is 12.1 Å². The third kappa shape index (κ3) is 12.4. The fourth-order valence-corrected chi connectivity index (χ4v) is 4.15. The van der Waals surface area contributed by atoms with E-state index in [-0.39, 0.29) is 0 Å². The van der Waals surface area contributed by atoms with E-state index in [4.69, 9.17) is 4.74 Å². The summed E-state index contributed by atoms with van der Waals surface area (Å²) < 4.78 is 5.85. The van der Waals surface area contributed by atoms with Gasteiger partial charge < -0.3 is 9.84 Å². The van der Waals surface area contributed by atoms with E-state index in [0.29, 0.717) is 11.9 Å². The number of benzene rings is 1. The number of aromatic hydroxyl groups is 1. The van der Waals surface area contributed by atoms with Crippen molar-refractivity contribution in [3.05, 3.63) is 29.8 Å². The number of ether oxygens (including phenoxy) is 1. The first kappa shape index (κ1) is 25.0. The lowest BCUT2D eigenvalue weighted by Gasteiger charge is -2.23. The number of methoxy groups -OCH3 is 1. The quantitative estimate of drug-likeness (QED) is 0.257. The first-order valence-electron chi connectivity index (χ1n) is 12.0. The fourth-order valence-electron chi connectivity index (χ4n) is 4.15. The molecule has 0 spiro atoms. The van der Waals surface area contributed by atoms with Gasteiger partial charge >= 0.3 is 0 Å². The lowest BCUT2D eigenvalue weighted by Crippen LogP contribution is -2.17. The van der Waals surface area contributed by atoms with Crippen LogP contribution in [0.1, 0.15) is 109 Å². The maximum Gasteiger partial charge on any atom is 0.115 e. The molecule has 0 radical (unpaired) electrons. The summed E-state index contributed by atoms with van der Waals surface area (Å²) in [4.78, 5) is 0. The van der Waals surface area contributed by atoms with Gasteiger partial charge in [-0.2, -0.15) is 0 Å². The van der Waals surface area contributed by atoms with Crippen molar-refractivity contribution in [2.24, 2.45) is 5.92 Å². The molecule has 1 aromatic rings. The van der Waals surface area contributed by atoms with Crippen LogP contribution in [0.3, 0.4) is 0 Å². The molecule has 0 aliphatic heterocycles. The van der Waals surface area contributed by atoms with Gasteiger partial charge in [0.15, 0.2) is 0 Å². The molecule has 0 aromatic heterocycles. The number of aryl methyl sites for hydroxylation is 1. The second-order valence-electron chi connectivity index (χ2n) is 8.57. The minimum absolute atomic E-state index is 0.345. The predicted molar refractivity (Wildman–Crippen MR) is 122 cm³/mol. The Balaban J connectivity index is 2.37. The van der Waals surface area contributed by atoms with Crippen LogP contribution < -0.4 is 0 Å². The van der Waals surface area contributed by atoms with Gasteiger partial charge in [0.25, 0.3) is 0 Å². The SMILES string of the molecule is CCCCCCCCCC(CCCCC)CC(CCc1ccc(O)cc1)OC. The molecule has 0 bridgehead atoms. The average molecular weight is 391 g/mol. The number of hydrogen-bond donors (Lipinski definition) is 1. The van der Waals surface area contributed by atoms with Crippen LogP contribution in [-0.2, 0) is 11.2 Å². The second kappa shape index (κ2) is 16.9. The van der Waals surface area contributed by atoms with Crippen LogP contribution in [0.5, 0.6) is 5.75 Å². The first-order chi connectivity index (χ1) is 13.7. The highest BCUT2D eigenvalue weighted by Crippen LogP contribution is 2.26. The van der Waals surface area contributed by atoms with Crippen LogP contribution in [0.15, 0.2) is 24.3 Å². The zero-order valence-corrected chi connectivity index (χ0v) is 18.9. The van der Waals surface area contributed by atoms with Gasteiger partial charge in [-0.1, -0.05) is 103 Å². The van der Waals surface area contributed by atoms with Crippen LogP contribution in [0.2, 0.25) is 0 Å².